The molecule has 0 bridgehead atoms. The summed E-state index contributed by atoms with van der Waals surface area (Å²) >= 11 is 1.60. The van der Waals surface area contributed by atoms with E-state index >= 15 is 0 Å². The van der Waals surface area contributed by atoms with Crippen molar-refractivity contribution in [3.8, 4) is 11.4 Å². The summed E-state index contributed by atoms with van der Waals surface area (Å²) in [7, 11) is 0. The Kier molecular flexibility index (Phi) is 5.14. The van der Waals surface area contributed by atoms with Crippen molar-refractivity contribution in [3.63, 3.8) is 0 Å². The number of aryl methyl sites for hydroxylation is 2. The monoisotopic (exact) mass is 365 g/mol. The second-order valence-corrected chi connectivity index (χ2v) is 6.70. The molecule has 0 atom stereocenters. The van der Waals surface area contributed by atoms with Crippen molar-refractivity contribution in [2.45, 2.75) is 20.3 Å². The first kappa shape index (κ1) is 17.8. The third kappa shape index (κ3) is 3.65. The third-order valence-corrected chi connectivity index (χ3v) is 4.75. The first-order valence-corrected chi connectivity index (χ1v) is 9.06. The van der Waals surface area contributed by atoms with Crippen molar-refractivity contribution in [2.24, 2.45) is 0 Å². The van der Waals surface area contributed by atoms with Crippen LogP contribution < -0.4 is 5.32 Å². The van der Waals surface area contributed by atoms with Gasteiger partial charge in [-0.1, -0.05) is 6.08 Å². The molecule has 0 saturated carbocycles. The molecule has 0 aliphatic heterocycles. The second kappa shape index (κ2) is 7.49. The summed E-state index contributed by atoms with van der Waals surface area (Å²) in [5.74, 6) is 0.438. The Hall–Kier alpha value is -2.99. The van der Waals surface area contributed by atoms with Crippen molar-refractivity contribution in [2.75, 3.05) is 5.32 Å². The van der Waals surface area contributed by atoms with Gasteiger partial charge >= 0.3 is 5.97 Å². The van der Waals surface area contributed by atoms with Crippen LogP contribution in [0.15, 0.2) is 47.7 Å². The van der Waals surface area contributed by atoms with Crippen LogP contribution in [0.4, 0.5) is 11.5 Å². The van der Waals surface area contributed by atoms with E-state index in [1.807, 2.05) is 36.7 Å². The number of carboxylic acid groups (broad SMARTS) is 1. The fraction of sp³-hybridized carbons (Fsp3) is 0.150. The number of rotatable bonds is 6. The van der Waals surface area contributed by atoms with Gasteiger partial charge in [0, 0.05) is 27.9 Å². The van der Waals surface area contributed by atoms with Crippen LogP contribution in [0.1, 0.15) is 27.2 Å². The molecule has 6 heteroatoms. The van der Waals surface area contributed by atoms with E-state index in [1.165, 1.54) is 0 Å². The maximum atomic E-state index is 11.1. The number of aromatic nitrogens is 2. The number of benzene rings is 1. The average Bonchev–Trinajstić information content (AvgIpc) is 3.13. The SMILES string of the molecule is C=CCc1c(C)nc(-c2ccsc2)nc1Nc1ccc(C(=O)O)cc1C. The topological polar surface area (TPSA) is 75.1 Å². The Morgan fingerprint density at radius 2 is 2.12 bits per heavy atom. The number of nitrogens with one attached hydrogen (secondary N) is 1. The largest absolute Gasteiger partial charge is 0.478 e. The van der Waals surface area contributed by atoms with Gasteiger partial charge in [-0.2, -0.15) is 11.3 Å². The molecular weight excluding hydrogens is 346 g/mol. The van der Waals surface area contributed by atoms with E-state index in [2.05, 4.69) is 16.9 Å². The molecule has 0 saturated heterocycles. The van der Waals surface area contributed by atoms with Gasteiger partial charge in [-0.15, -0.1) is 6.58 Å². The fourth-order valence-corrected chi connectivity index (χ4v) is 3.31. The number of carbonyl (C=O) groups is 1. The summed E-state index contributed by atoms with van der Waals surface area (Å²) in [5, 5.41) is 16.5. The third-order valence-electron chi connectivity index (χ3n) is 4.07. The highest BCUT2D eigenvalue weighted by Crippen LogP contribution is 2.28. The molecule has 1 aromatic carbocycles. The van der Waals surface area contributed by atoms with E-state index in [4.69, 9.17) is 10.1 Å². The number of anilines is 2. The molecule has 0 aliphatic carbocycles. The lowest BCUT2D eigenvalue weighted by Gasteiger charge is -2.15. The molecule has 2 N–H and O–H groups in total. The quantitative estimate of drug-likeness (QED) is 0.602. The summed E-state index contributed by atoms with van der Waals surface area (Å²) in [6.45, 7) is 7.65. The lowest BCUT2D eigenvalue weighted by atomic mass is 10.1. The van der Waals surface area contributed by atoms with Gasteiger partial charge in [0.05, 0.1) is 5.56 Å². The molecule has 132 valence electrons. The lowest BCUT2D eigenvalue weighted by Crippen LogP contribution is -2.06. The van der Waals surface area contributed by atoms with Crippen LogP contribution in [0.2, 0.25) is 0 Å². The summed E-state index contributed by atoms with van der Waals surface area (Å²) in [6.07, 6.45) is 2.46. The Morgan fingerprint density at radius 3 is 2.73 bits per heavy atom. The summed E-state index contributed by atoms with van der Waals surface area (Å²) in [4.78, 5) is 20.5. The van der Waals surface area contributed by atoms with Gasteiger partial charge in [0.1, 0.15) is 5.82 Å². The Bertz CT molecular complexity index is 965. The van der Waals surface area contributed by atoms with Crippen molar-refractivity contribution in [1.29, 1.82) is 0 Å². The minimum Gasteiger partial charge on any atom is -0.478 e. The molecule has 0 aliphatic rings. The highest BCUT2D eigenvalue weighted by Gasteiger charge is 2.14. The van der Waals surface area contributed by atoms with Gasteiger partial charge in [-0.25, -0.2) is 14.8 Å². The number of hydrogen-bond acceptors (Lipinski definition) is 5. The normalized spacial score (nSPS) is 10.5. The molecule has 3 aromatic rings. The molecule has 2 heterocycles. The predicted octanol–water partition coefficient (Wildman–Crippen LogP) is 4.99. The first-order chi connectivity index (χ1) is 12.5. The van der Waals surface area contributed by atoms with Crippen LogP contribution in [0.25, 0.3) is 11.4 Å². The highest BCUT2D eigenvalue weighted by molar-refractivity contribution is 7.08. The first-order valence-electron chi connectivity index (χ1n) is 8.11. The van der Waals surface area contributed by atoms with Crippen molar-refractivity contribution in [3.05, 3.63) is 70.1 Å². The number of thiophene rings is 1. The molecule has 0 spiro atoms. The van der Waals surface area contributed by atoms with E-state index in [-0.39, 0.29) is 5.56 Å². The molecule has 26 heavy (non-hydrogen) atoms. The Morgan fingerprint density at radius 1 is 1.31 bits per heavy atom. The number of aromatic carboxylic acids is 1. The summed E-state index contributed by atoms with van der Waals surface area (Å²) in [6, 6.07) is 6.98. The lowest BCUT2D eigenvalue weighted by molar-refractivity contribution is 0.0697. The maximum Gasteiger partial charge on any atom is 0.335 e. The molecule has 0 amide bonds. The second-order valence-electron chi connectivity index (χ2n) is 5.92. The van der Waals surface area contributed by atoms with Crippen LogP contribution in [0.3, 0.4) is 0 Å². The van der Waals surface area contributed by atoms with Crippen LogP contribution in [0, 0.1) is 13.8 Å². The zero-order chi connectivity index (χ0) is 18.7. The van der Waals surface area contributed by atoms with Crippen LogP contribution in [0.5, 0.6) is 0 Å². The van der Waals surface area contributed by atoms with Gasteiger partial charge in [0.15, 0.2) is 5.82 Å². The maximum absolute atomic E-state index is 11.1. The summed E-state index contributed by atoms with van der Waals surface area (Å²) < 4.78 is 0. The zero-order valence-corrected chi connectivity index (χ0v) is 15.4. The molecule has 0 fully saturated rings. The molecule has 0 unspecified atom stereocenters. The van der Waals surface area contributed by atoms with Crippen molar-refractivity contribution in [1.82, 2.24) is 9.97 Å². The van der Waals surface area contributed by atoms with Crippen LogP contribution >= 0.6 is 11.3 Å². The van der Waals surface area contributed by atoms with E-state index in [9.17, 15) is 4.79 Å². The number of carboxylic acids is 1. The average molecular weight is 365 g/mol. The van der Waals surface area contributed by atoms with Gasteiger partial charge in [-0.3, -0.25) is 0 Å². The smallest absolute Gasteiger partial charge is 0.335 e. The van der Waals surface area contributed by atoms with Crippen LogP contribution in [-0.2, 0) is 6.42 Å². The van der Waals surface area contributed by atoms with Crippen molar-refractivity contribution >= 4 is 28.8 Å². The van der Waals surface area contributed by atoms with Gasteiger partial charge < -0.3 is 10.4 Å². The van der Waals surface area contributed by atoms with Crippen LogP contribution in [-0.4, -0.2) is 21.0 Å². The molecule has 3 rings (SSSR count). The minimum absolute atomic E-state index is 0.261. The minimum atomic E-state index is -0.940. The van der Waals surface area contributed by atoms with Crippen molar-refractivity contribution < 1.29 is 9.90 Å². The Balaban J connectivity index is 2.05. The number of nitrogens with zero attached hydrogens (tertiary/aromatic N) is 2. The number of allylic oxidation sites excluding steroid dienone is 1. The van der Waals surface area contributed by atoms with E-state index in [0.717, 1.165) is 28.1 Å². The van der Waals surface area contributed by atoms with Gasteiger partial charge in [0.25, 0.3) is 0 Å². The van der Waals surface area contributed by atoms with Gasteiger partial charge in [0.2, 0.25) is 0 Å². The predicted molar refractivity (Wildman–Crippen MR) is 105 cm³/mol. The molecular formula is C20H19N3O2S. The van der Waals surface area contributed by atoms with E-state index in [1.54, 1.807) is 29.5 Å². The van der Waals surface area contributed by atoms with E-state index in [0.29, 0.717) is 18.1 Å². The highest BCUT2D eigenvalue weighted by atomic mass is 32.1. The molecule has 5 nitrogen and oxygen atoms in total. The molecule has 0 radical (unpaired) electrons. The van der Waals surface area contributed by atoms with Gasteiger partial charge in [-0.05, 0) is 55.5 Å². The standard InChI is InChI=1S/C20H19N3O2S/c1-4-5-16-13(3)21-18(15-8-9-26-11-15)23-19(16)22-17-7-6-14(20(24)25)10-12(17)2/h4,6-11H,1,5H2,2-3H3,(H,24,25)(H,21,22,23). The number of hydrogen-bond donors (Lipinski definition) is 2. The van der Waals surface area contributed by atoms with E-state index < -0.39 is 5.97 Å². The summed E-state index contributed by atoms with van der Waals surface area (Å²) in [5.41, 5.74) is 4.75. The zero-order valence-electron chi connectivity index (χ0n) is 14.6. The molecule has 2 aromatic heterocycles. The Labute approximate surface area is 156 Å². The fourth-order valence-electron chi connectivity index (χ4n) is 2.67.